The standard InChI is InChI=1S/C31H31N3O6/c1-31(2,3)18-10-13-24(40-6)21(15-18)27(35)25-26(17-8-7-9-19(14-17)38-4)34(29(37)28(25)36)30-32-22-12-11-20(39-5)16-23(22)33-30/h7-16,26,35H,1-6H3,(H,32,33)/b27-25+. The zero-order valence-electron chi connectivity index (χ0n) is 23.2. The molecule has 0 bridgehead atoms. The summed E-state index contributed by atoms with van der Waals surface area (Å²) in [5, 5.41) is 11.8. The minimum atomic E-state index is -0.999. The molecule has 4 aromatic rings. The first kappa shape index (κ1) is 26.8. The lowest BCUT2D eigenvalue weighted by Crippen LogP contribution is -2.30. The Bertz CT molecular complexity index is 1660. The third kappa shape index (κ3) is 4.53. The van der Waals surface area contributed by atoms with Gasteiger partial charge in [-0.2, -0.15) is 0 Å². The van der Waals surface area contributed by atoms with E-state index < -0.39 is 17.7 Å². The smallest absolute Gasteiger partial charge is 0.302 e. The zero-order chi connectivity index (χ0) is 28.8. The second kappa shape index (κ2) is 10.1. The fourth-order valence-electron chi connectivity index (χ4n) is 4.90. The third-order valence-electron chi connectivity index (χ3n) is 7.08. The van der Waals surface area contributed by atoms with E-state index in [1.807, 2.05) is 26.8 Å². The molecule has 0 aliphatic carbocycles. The number of imidazole rings is 1. The molecule has 2 N–H and O–H groups in total. The molecular weight excluding hydrogens is 510 g/mol. The maximum atomic E-state index is 13.7. The summed E-state index contributed by atoms with van der Waals surface area (Å²) >= 11 is 0. The highest BCUT2D eigenvalue weighted by molar-refractivity contribution is 6.51. The molecule has 1 aliphatic heterocycles. The molecule has 5 rings (SSSR count). The summed E-state index contributed by atoms with van der Waals surface area (Å²) in [5.74, 6) is -0.332. The number of ketones is 1. The van der Waals surface area contributed by atoms with Crippen LogP contribution in [0.4, 0.5) is 5.95 Å². The summed E-state index contributed by atoms with van der Waals surface area (Å²) in [6, 6.07) is 16.7. The fraction of sp³-hybridized carbons (Fsp3) is 0.258. The maximum absolute atomic E-state index is 13.7. The number of nitrogens with one attached hydrogen (secondary N) is 1. The summed E-state index contributed by atoms with van der Waals surface area (Å²) in [6.07, 6.45) is 0. The Morgan fingerprint density at radius 3 is 2.33 bits per heavy atom. The number of ether oxygens (including phenoxy) is 3. The van der Waals surface area contributed by atoms with Gasteiger partial charge in [-0.05, 0) is 52.9 Å². The largest absolute Gasteiger partial charge is 0.507 e. The molecule has 1 aromatic heterocycles. The van der Waals surface area contributed by atoms with E-state index in [2.05, 4.69) is 9.97 Å². The molecule has 9 nitrogen and oxygen atoms in total. The molecule has 0 radical (unpaired) electrons. The van der Waals surface area contributed by atoms with E-state index in [9.17, 15) is 14.7 Å². The van der Waals surface area contributed by atoms with Crippen LogP contribution in [-0.2, 0) is 15.0 Å². The first-order valence-corrected chi connectivity index (χ1v) is 12.7. The number of aliphatic hydroxyl groups is 1. The molecule has 1 amide bonds. The van der Waals surface area contributed by atoms with Gasteiger partial charge in [0, 0.05) is 6.07 Å². The Morgan fingerprint density at radius 1 is 0.925 bits per heavy atom. The lowest BCUT2D eigenvalue weighted by Gasteiger charge is -2.24. The monoisotopic (exact) mass is 541 g/mol. The Kier molecular flexibility index (Phi) is 6.75. The number of fused-ring (bicyclic) bond motifs is 1. The minimum Gasteiger partial charge on any atom is -0.507 e. The number of carbonyl (C=O) groups excluding carboxylic acids is 2. The normalized spacial score (nSPS) is 16.9. The number of aliphatic hydroxyl groups excluding tert-OH is 1. The lowest BCUT2D eigenvalue weighted by atomic mass is 9.85. The van der Waals surface area contributed by atoms with Crippen LogP contribution in [0.2, 0.25) is 0 Å². The van der Waals surface area contributed by atoms with Crippen LogP contribution >= 0.6 is 0 Å². The Hall–Kier alpha value is -4.79. The van der Waals surface area contributed by atoms with E-state index >= 15 is 0 Å². The number of anilines is 1. The summed E-state index contributed by atoms with van der Waals surface area (Å²) in [6.45, 7) is 6.14. The van der Waals surface area contributed by atoms with Crippen LogP contribution in [0.15, 0.2) is 66.2 Å². The number of aromatic amines is 1. The van der Waals surface area contributed by atoms with Crippen molar-refractivity contribution in [3.8, 4) is 17.2 Å². The van der Waals surface area contributed by atoms with E-state index in [1.54, 1.807) is 61.7 Å². The average molecular weight is 542 g/mol. The average Bonchev–Trinajstić information content (AvgIpc) is 3.49. The van der Waals surface area contributed by atoms with Crippen molar-refractivity contribution in [2.45, 2.75) is 32.2 Å². The molecule has 9 heteroatoms. The van der Waals surface area contributed by atoms with E-state index in [4.69, 9.17) is 14.2 Å². The van der Waals surface area contributed by atoms with E-state index in [0.717, 1.165) is 5.56 Å². The van der Waals surface area contributed by atoms with Crippen molar-refractivity contribution in [1.82, 2.24) is 9.97 Å². The van der Waals surface area contributed by atoms with Gasteiger partial charge in [-0.25, -0.2) is 4.98 Å². The zero-order valence-corrected chi connectivity index (χ0v) is 23.2. The highest BCUT2D eigenvalue weighted by Crippen LogP contribution is 2.44. The minimum absolute atomic E-state index is 0.0827. The van der Waals surface area contributed by atoms with Gasteiger partial charge in [-0.1, -0.05) is 39.0 Å². The van der Waals surface area contributed by atoms with Gasteiger partial charge in [-0.3, -0.25) is 14.5 Å². The number of carbonyl (C=O) groups is 2. The molecule has 40 heavy (non-hydrogen) atoms. The second-order valence-corrected chi connectivity index (χ2v) is 10.6. The topological polar surface area (TPSA) is 114 Å². The number of nitrogens with zero attached hydrogens (tertiary/aromatic N) is 2. The summed E-state index contributed by atoms with van der Waals surface area (Å²) < 4.78 is 16.3. The SMILES string of the molecule is COc1cccc(C2/C(=C(\O)c3cc(C(C)(C)C)ccc3OC)C(=O)C(=O)N2c2nc3ccc(OC)cc3[nH]2)c1. The van der Waals surface area contributed by atoms with E-state index in [1.165, 1.54) is 19.1 Å². The van der Waals surface area contributed by atoms with Crippen molar-refractivity contribution in [2.24, 2.45) is 0 Å². The van der Waals surface area contributed by atoms with Gasteiger partial charge in [-0.15, -0.1) is 0 Å². The Morgan fingerprint density at radius 2 is 1.65 bits per heavy atom. The number of hydrogen-bond acceptors (Lipinski definition) is 7. The Balaban J connectivity index is 1.76. The highest BCUT2D eigenvalue weighted by Gasteiger charge is 2.48. The van der Waals surface area contributed by atoms with Crippen molar-refractivity contribution in [3.05, 3.63) is 82.9 Å². The number of rotatable bonds is 6. The first-order valence-electron chi connectivity index (χ1n) is 12.7. The fourth-order valence-corrected chi connectivity index (χ4v) is 4.90. The van der Waals surface area contributed by atoms with Crippen molar-refractivity contribution in [1.29, 1.82) is 0 Å². The van der Waals surface area contributed by atoms with E-state index in [-0.39, 0.29) is 22.7 Å². The number of methoxy groups -OCH3 is 3. The van der Waals surface area contributed by atoms with Crippen LogP contribution in [0.1, 0.15) is 43.5 Å². The molecule has 2 heterocycles. The quantitative estimate of drug-likeness (QED) is 0.188. The lowest BCUT2D eigenvalue weighted by molar-refractivity contribution is -0.132. The first-order chi connectivity index (χ1) is 19.1. The molecule has 1 fully saturated rings. The van der Waals surface area contributed by atoms with Crippen LogP contribution in [-0.4, -0.2) is 48.1 Å². The highest BCUT2D eigenvalue weighted by atomic mass is 16.5. The predicted octanol–water partition coefficient (Wildman–Crippen LogP) is 5.51. The summed E-state index contributed by atoms with van der Waals surface area (Å²) in [5.41, 5.74) is 2.68. The molecule has 1 saturated heterocycles. The molecular formula is C31H31N3O6. The molecule has 206 valence electrons. The molecule has 3 aromatic carbocycles. The number of Topliss-reactive ketones (excluding diaryl/α,β-unsaturated/α-hetero) is 1. The van der Waals surface area contributed by atoms with Crippen LogP contribution in [0, 0.1) is 0 Å². The van der Waals surface area contributed by atoms with Gasteiger partial charge < -0.3 is 24.3 Å². The number of hydrogen-bond donors (Lipinski definition) is 2. The second-order valence-electron chi connectivity index (χ2n) is 10.6. The van der Waals surface area contributed by atoms with Crippen molar-refractivity contribution >= 4 is 34.4 Å². The molecule has 1 unspecified atom stereocenters. The van der Waals surface area contributed by atoms with Crippen LogP contribution in [0.25, 0.3) is 16.8 Å². The van der Waals surface area contributed by atoms with Crippen molar-refractivity contribution in [3.63, 3.8) is 0 Å². The third-order valence-corrected chi connectivity index (χ3v) is 7.08. The molecule has 0 spiro atoms. The predicted molar refractivity (Wildman–Crippen MR) is 152 cm³/mol. The van der Waals surface area contributed by atoms with Crippen LogP contribution in [0.5, 0.6) is 17.2 Å². The number of H-pyrrole nitrogens is 1. The van der Waals surface area contributed by atoms with Crippen LogP contribution in [0.3, 0.4) is 0 Å². The van der Waals surface area contributed by atoms with Crippen molar-refractivity contribution < 1.29 is 28.9 Å². The van der Waals surface area contributed by atoms with Gasteiger partial charge in [0.05, 0.1) is 49.5 Å². The van der Waals surface area contributed by atoms with Gasteiger partial charge in [0.25, 0.3) is 5.78 Å². The number of benzene rings is 3. The van der Waals surface area contributed by atoms with E-state index in [0.29, 0.717) is 39.4 Å². The van der Waals surface area contributed by atoms with Gasteiger partial charge in [0.15, 0.2) is 0 Å². The van der Waals surface area contributed by atoms with Gasteiger partial charge >= 0.3 is 5.91 Å². The van der Waals surface area contributed by atoms with Crippen LogP contribution < -0.4 is 19.1 Å². The Labute approximate surface area is 232 Å². The maximum Gasteiger partial charge on any atom is 0.302 e. The number of amides is 1. The van der Waals surface area contributed by atoms with Gasteiger partial charge in [0.2, 0.25) is 5.95 Å². The molecule has 1 aliphatic rings. The summed E-state index contributed by atoms with van der Waals surface area (Å²) in [7, 11) is 4.58. The van der Waals surface area contributed by atoms with Gasteiger partial charge in [0.1, 0.15) is 23.0 Å². The molecule has 0 saturated carbocycles. The number of aromatic nitrogens is 2. The molecule has 1 atom stereocenters. The summed E-state index contributed by atoms with van der Waals surface area (Å²) in [4.78, 5) is 36.4. The van der Waals surface area contributed by atoms with Crippen molar-refractivity contribution in [2.75, 3.05) is 26.2 Å².